The minimum atomic E-state index is -1.10. The van der Waals surface area contributed by atoms with Gasteiger partial charge in [-0.3, -0.25) is 14.5 Å². The van der Waals surface area contributed by atoms with Gasteiger partial charge in [0.25, 0.3) is 0 Å². The molecule has 0 radical (unpaired) electrons. The predicted octanol–water partition coefficient (Wildman–Crippen LogP) is 0.848. The van der Waals surface area contributed by atoms with E-state index in [2.05, 4.69) is 0 Å². The molecule has 5 heteroatoms. The fourth-order valence-corrected chi connectivity index (χ4v) is 2.23. The van der Waals surface area contributed by atoms with Crippen LogP contribution < -0.4 is 0 Å². The lowest BCUT2D eigenvalue weighted by Crippen LogP contribution is -2.42. The van der Waals surface area contributed by atoms with Crippen LogP contribution in [0.15, 0.2) is 0 Å². The first-order chi connectivity index (χ1) is 8.78. The molecule has 1 rings (SSSR count). The molecule has 19 heavy (non-hydrogen) atoms. The molecule has 2 atom stereocenters. The molecule has 1 aliphatic rings. The minimum absolute atomic E-state index is 0.128. The van der Waals surface area contributed by atoms with Crippen molar-refractivity contribution in [1.82, 2.24) is 4.90 Å². The highest BCUT2D eigenvalue weighted by molar-refractivity contribution is 6.03. The van der Waals surface area contributed by atoms with E-state index < -0.39 is 11.4 Å². The van der Waals surface area contributed by atoms with E-state index in [4.69, 9.17) is 4.74 Å². The van der Waals surface area contributed by atoms with Gasteiger partial charge in [-0.25, -0.2) is 0 Å². The van der Waals surface area contributed by atoms with Crippen LogP contribution in [0.2, 0.25) is 0 Å². The summed E-state index contributed by atoms with van der Waals surface area (Å²) in [6, 6.07) is 0. The lowest BCUT2D eigenvalue weighted by Gasteiger charge is -2.24. The zero-order valence-corrected chi connectivity index (χ0v) is 12.3. The number of likely N-dealkylation sites (tertiary alicyclic amines) is 1. The summed E-state index contributed by atoms with van der Waals surface area (Å²) in [4.78, 5) is 26.0. The maximum atomic E-state index is 12.2. The number of hydrogen-bond donors (Lipinski definition) is 1. The summed E-state index contributed by atoms with van der Waals surface area (Å²) >= 11 is 0. The second-order valence-corrected chi connectivity index (χ2v) is 5.79. The first kappa shape index (κ1) is 16.1. The molecule has 0 aromatic heterocycles. The van der Waals surface area contributed by atoms with E-state index in [1.165, 1.54) is 0 Å². The van der Waals surface area contributed by atoms with Gasteiger partial charge in [-0.15, -0.1) is 0 Å². The van der Waals surface area contributed by atoms with Crippen molar-refractivity contribution in [2.75, 3.05) is 26.2 Å². The fraction of sp³-hybridized carbons (Fsp3) is 0.857. The number of ether oxygens (including phenoxy) is 1. The van der Waals surface area contributed by atoms with Gasteiger partial charge in [-0.2, -0.15) is 0 Å². The summed E-state index contributed by atoms with van der Waals surface area (Å²) < 4.78 is 4.93. The van der Waals surface area contributed by atoms with E-state index in [9.17, 15) is 14.7 Å². The average molecular weight is 271 g/mol. The number of ketones is 1. The van der Waals surface area contributed by atoms with Gasteiger partial charge in [0.05, 0.1) is 19.3 Å². The fourth-order valence-electron chi connectivity index (χ4n) is 2.23. The van der Waals surface area contributed by atoms with Gasteiger partial charge in [-0.1, -0.05) is 0 Å². The van der Waals surface area contributed by atoms with Crippen LogP contribution in [0.3, 0.4) is 0 Å². The van der Waals surface area contributed by atoms with Crippen LogP contribution in [-0.2, 0) is 14.3 Å². The van der Waals surface area contributed by atoms with Crippen LogP contribution in [0.4, 0.5) is 0 Å². The van der Waals surface area contributed by atoms with Crippen molar-refractivity contribution < 1.29 is 19.4 Å². The number of carbonyl (C=O) groups excluding carboxylic acids is 2. The van der Waals surface area contributed by atoms with E-state index in [1.807, 2.05) is 4.90 Å². The molecular formula is C14H25NO4. The van der Waals surface area contributed by atoms with Gasteiger partial charge < -0.3 is 9.84 Å². The highest BCUT2D eigenvalue weighted by Gasteiger charge is 2.39. The molecule has 0 aromatic rings. The molecule has 2 unspecified atom stereocenters. The molecule has 0 aliphatic carbocycles. The number of carbonyl (C=O) groups is 2. The first-order valence-corrected chi connectivity index (χ1v) is 6.90. The third-order valence-corrected chi connectivity index (χ3v) is 3.84. The summed E-state index contributed by atoms with van der Waals surface area (Å²) in [5.74, 6) is -0.373. The quantitative estimate of drug-likeness (QED) is 0.573. The zero-order chi connectivity index (χ0) is 14.6. The average Bonchev–Trinajstić information content (AvgIpc) is 2.77. The molecule has 0 spiro atoms. The molecule has 0 bridgehead atoms. The van der Waals surface area contributed by atoms with Crippen molar-refractivity contribution in [3.05, 3.63) is 0 Å². The van der Waals surface area contributed by atoms with Gasteiger partial charge >= 0.3 is 5.97 Å². The minimum Gasteiger partial charge on any atom is -0.465 e. The molecule has 110 valence electrons. The van der Waals surface area contributed by atoms with Gasteiger partial charge in [0, 0.05) is 6.54 Å². The Hall–Kier alpha value is -0.940. The second kappa shape index (κ2) is 6.48. The summed E-state index contributed by atoms with van der Waals surface area (Å²) in [5.41, 5.74) is -1.10. The standard InChI is InChI=1S/C14H25NO4/c1-5-19-13(18)14(3,4)12(17)9-15-7-6-11(8-15)10(2)16/h10-11,16H,5-9H2,1-4H3. The molecule has 1 fully saturated rings. The Morgan fingerprint density at radius 2 is 2.11 bits per heavy atom. The monoisotopic (exact) mass is 271 g/mol. The van der Waals surface area contributed by atoms with Crippen molar-refractivity contribution in [1.29, 1.82) is 0 Å². The topological polar surface area (TPSA) is 66.8 Å². The van der Waals surface area contributed by atoms with E-state index in [0.29, 0.717) is 6.54 Å². The molecule has 0 aromatic carbocycles. The number of Topliss-reactive ketones (excluding diaryl/α,β-unsaturated/α-hetero) is 1. The summed E-state index contributed by atoms with van der Waals surface area (Å²) in [6.07, 6.45) is 0.545. The number of aliphatic hydroxyl groups excluding tert-OH is 1. The smallest absolute Gasteiger partial charge is 0.319 e. The maximum absolute atomic E-state index is 12.2. The van der Waals surface area contributed by atoms with Crippen molar-refractivity contribution in [2.24, 2.45) is 11.3 Å². The molecule has 5 nitrogen and oxygen atoms in total. The lowest BCUT2D eigenvalue weighted by molar-refractivity contribution is -0.158. The van der Waals surface area contributed by atoms with Crippen LogP contribution >= 0.6 is 0 Å². The Morgan fingerprint density at radius 1 is 1.47 bits per heavy atom. The Bertz CT molecular complexity index is 338. The van der Waals surface area contributed by atoms with Gasteiger partial charge in [0.15, 0.2) is 5.78 Å². The van der Waals surface area contributed by atoms with E-state index in [0.717, 1.165) is 13.0 Å². The molecule has 1 heterocycles. The molecule has 0 amide bonds. The van der Waals surface area contributed by atoms with Crippen LogP contribution in [0, 0.1) is 11.3 Å². The molecule has 0 saturated carbocycles. The number of aliphatic hydroxyl groups is 1. The van der Waals surface area contributed by atoms with Gasteiger partial charge in [0.2, 0.25) is 0 Å². The lowest BCUT2D eigenvalue weighted by atomic mass is 9.88. The second-order valence-electron chi connectivity index (χ2n) is 5.79. The van der Waals surface area contributed by atoms with E-state index in [-0.39, 0.29) is 31.0 Å². The summed E-state index contributed by atoms with van der Waals surface area (Å²) in [5, 5.41) is 9.54. The third kappa shape index (κ3) is 4.01. The highest BCUT2D eigenvalue weighted by atomic mass is 16.5. The summed E-state index contributed by atoms with van der Waals surface area (Å²) in [6.45, 7) is 8.75. The van der Waals surface area contributed by atoms with Gasteiger partial charge in [0.1, 0.15) is 5.41 Å². The predicted molar refractivity (Wildman–Crippen MR) is 71.6 cm³/mol. The third-order valence-electron chi connectivity index (χ3n) is 3.84. The molecule has 1 saturated heterocycles. The Kier molecular flexibility index (Phi) is 5.50. The zero-order valence-electron chi connectivity index (χ0n) is 12.3. The maximum Gasteiger partial charge on any atom is 0.319 e. The van der Waals surface area contributed by atoms with Crippen LogP contribution in [0.1, 0.15) is 34.1 Å². The van der Waals surface area contributed by atoms with Crippen molar-refractivity contribution >= 4 is 11.8 Å². The van der Waals surface area contributed by atoms with Gasteiger partial charge in [-0.05, 0) is 46.6 Å². The van der Waals surface area contributed by atoms with Crippen LogP contribution in [-0.4, -0.2) is 54.1 Å². The molecule has 1 aliphatic heterocycles. The van der Waals surface area contributed by atoms with Crippen LogP contribution in [0.5, 0.6) is 0 Å². The number of nitrogens with zero attached hydrogens (tertiary/aromatic N) is 1. The van der Waals surface area contributed by atoms with E-state index in [1.54, 1.807) is 27.7 Å². The first-order valence-electron chi connectivity index (χ1n) is 6.90. The van der Waals surface area contributed by atoms with Crippen molar-refractivity contribution in [3.8, 4) is 0 Å². The summed E-state index contributed by atoms with van der Waals surface area (Å²) in [7, 11) is 0. The Morgan fingerprint density at radius 3 is 2.58 bits per heavy atom. The molecule has 1 N–H and O–H groups in total. The molecular weight excluding hydrogens is 246 g/mol. The normalized spacial score (nSPS) is 22.3. The van der Waals surface area contributed by atoms with Crippen LogP contribution in [0.25, 0.3) is 0 Å². The number of hydrogen-bond acceptors (Lipinski definition) is 5. The highest BCUT2D eigenvalue weighted by Crippen LogP contribution is 2.23. The Labute approximate surface area is 114 Å². The number of esters is 1. The SMILES string of the molecule is CCOC(=O)C(C)(C)C(=O)CN1CCC(C(C)O)C1. The Balaban J connectivity index is 2.53. The van der Waals surface area contributed by atoms with Crippen molar-refractivity contribution in [2.45, 2.75) is 40.2 Å². The van der Waals surface area contributed by atoms with E-state index >= 15 is 0 Å². The van der Waals surface area contributed by atoms with Crippen molar-refractivity contribution in [3.63, 3.8) is 0 Å². The largest absolute Gasteiger partial charge is 0.465 e. The number of rotatable bonds is 6.